The van der Waals surface area contributed by atoms with Crippen LogP contribution in [0.3, 0.4) is 0 Å². The maximum atomic E-state index is 13.0. The molecule has 0 rings (SSSR count). The predicted octanol–water partition coefficient (Wildman–Crippen LogP) is 13.4. The average molecular weight is 717 g/mol. The van der Waals surface area contributed by atoms with E-state index >= 15 is 0 Å². The van der Waals surface area contributed by atoms with Crippen molar-refractivity contribution in [3.05, 3.63) is 36.5 Å². The molecule has 0 bridgehead atoms. The third-order valence-corrected chi connectivity index (χ3v) is 9.86. The van der Waals surface area contributed by atoms with E-state index in [0.29, 0.717) is 29.9 Å². The first-order valence-corrected chi connectivity index (χ1v) is 21.1. The Kier molecular flexibility index (Phi) is 31.9. The number of carbonyl (C=O) groups is 3. The lowest BCUT2D eigenvalue weighted by Crippen LogP contribution is -2.35. The van der Waals surface area contributed by atoms with Gasteiger partial charge in [-0.25, -0.2) is 14.4 Å². The van der Waals surface area contributed by atoms with E-state index in [0.717, 1.165) is 77.0 Å². The maximum absolute atomic E-state index is 13.0. The molecule has 0 radical (unpaired) electrons. The maximum Gasteiger partial charge on any atom is 0.333 e. The van der Waals surface area contributed by atoms with Crippen molar-refractivity contribution < 1.29 is 28.6 Å². The van der Waals surface area contributed by atoms with E-state index < -0.39 is 0 Å². The van der Waals surface area contributed by atoms with Crippen molar-refractivity contribution in [2.45, 2.75) is 219 Å². The molecule has 0 aromatic carbocycles. The minimum atomic E-state index is -0.383. The van der Waals surface area contributed by atoms with E-state index in [4.69, 9.17) is 14.2 Å². The van der Waals surface area contributed by atoms with Crippen molar-refractivity contribution in [3.8, 4) is 0 Å². The Morgan fingerprint density at radius 2 is 0.647 bits per heavy atom. The summed E-state index contributed by atoms with van der Waals surface area (Å²) in [5.41, 5.74) is 1.03. The summed E-state index contributed by atoms with van der Waals surface area (Å²) in [5, 5.41) is 0. The number of esters is 3. The molecule has 0 saturated heterocycles. The van der Waals surface area contributed by atoms with Crippen LogP contribution in [0.4, 0.5) is 0 Å². The summed E-state index contributed by atoms with van der Waals surface area (Å²) in [5.74, 6) is -0.811. The highest BCUT2D eigenvalue weighted by Gasteiger charge is 2.33. The van der Waals surface area contributed by atoms with Gasteiger partial charge in [-0.15, -0.1) is 0 Å². The van der Waals surface area contributed by atoms with Gasteiger partial charge in [-0.05, 0) is 72.1 Å². The quantitative estimate of drug-likeness (QED) is 0.0276. The molecule has 0 aliphatic carbocycles. The van der Waals surface area contributed by atoms with Gasteiger partial charge in [0.05, 0.1) is 13.2 Å². The van der Waals surface area contributed by atoms with Gasteiger partial charge in [0.25, 0.3) is 0 Å². The molecule has 0 spiro atoms. The topological polar surface area (TPSA) is 78.9 Å². The van der Waals surface area contributed by atoms with Gasteiger partial charge in [-0.1, -0.05) is 161 Å². The van der Waals surface area contributed by atoms with E-state index in [1.807, 2.05) is 0 Å². The lowest BCUT2D eigenvalue weighted by molar-refractivity contribution is -0.158. The zero-order chi connectivity index (χ0) is 38.0. The van der Waals surface area contributed by atoms with Crippen molar-refractivity contribution in [1.29, 1.82) is 0 Å². The molecule has 6 nitrogen and oxygen atoms in total. The summed E-state index contributed by atoms with van der Waals surface area (Å²) in [6.07, 6.45) is 33.8. The van der Waals surface area contributed by atoms with Crippen molar-refractivity contribution in [2.75, 3.05) is 13.2 Å². The molecular formula is C45H80O6. The van der Waals surface area contributed by atoms with Gasteiger partial charge in [0.2, 0.25) is 0 Å². The summed E-state index contributed by atoms with van der Waals surface area (Å²) in [6, 6.07) is 0. The van der Waals surface area contributed by atoms with Crippen molar-refractivity contribution in [3.63, 3.8) is 0 Å². The average Bonchev–Trinajstić information content (AvgIpc) is 3.09. The molecule has 6 heteroatoms. The first-order valence-electron chi connectivity index (χ1n) is 21.1. The number of rotatable bonds is 37. The first kappa shape index (κ1) is 48.6. The Morgan fingerprint density at radius 1 is 0.392 bits per heavy atom. The van der Waals surface area contributed by atoms with Gasteiger partial charge in [0, 0.05) is 16.7 Å². The number of ether oxygens (including phenoxy) is 3. The molecule has 0 saturated carbocycles. The number of hydrogen-bond acceptors (Lipinski definition) is 6. The summed E-state index contributed by atoms with van der Waals surface area (Å²) in [7, 11) is 0. The molecule has 0 aliphatic heterocycles. The van der Waals surface area contributed by atoms with Gasteiger partial charge in [0.15, 0.2) is 0 Å². The van der Waals surface area contributed by atoms with Crippen LogP contribution in [0.5, 0.6) is 0 Å². The molecule has 0 N–H and O–H groups in total. The Hall–Kier alpha value is -2.37. The van der Waals surface area contributed by atoms with Crippen LogP contribution < -0.4 is 0 Å². The largest absolute Gasteiger partial charge is 0.462 e. The fourth-order valence-corrected chi connectivity index (χ4v) is 6.54. The van der Waals surface area contributed by atoms with Crippen LogP contribution >= 0.6 is 0 Å². The van der Waals surface area contributed by atoms with E-state index in [1.165, 1.54) is 109 Å². The zero-order valence-electron chi connectivity index (χ0n) is 34.0. The second-order valence-electron chi connectivity index (χ2n) is 15.3. The second-order valence-corrected chi connectivity index (χ2v) is 15.3. The van der Waals surface area contributed by atoms with Crippen LogP contribution in [0.25, 0.3) is 0 Å². The predicted molar refractivity (Wildman–Crippen MR) is 215 cm³/mol. The van der Waals surface area contributed by atoms with Crippen molar-refractivity contribution in [1.82, 2.24) is 0 Å². The smallest absolute Gasteiger partial charge is 0.333 e. The standard InChI is InChI=1S/C45H80O6/c1-8-9-10-11-12-14-19-24-29-34-45(51-44(48)41(6)7,36-31-26-21-16-18-23-28-33-38-50-43(47)40(4)5)35-30-25-20-15-13-17-22-27-32-37-49-42(46)39(2)3/h2,4,6,8-38H2,1,3,5,7H3. The summed E-state index contributed by atoms with van der Waals surface area (Å²) in [6.45, 7) is 19.5. The van der Waals surface area contributed by atoms with Gasteiger partial charge in [0.1, 0.15) is 5.60 Å². The molecule has 0 aliphatic rings. The van der Waals surface area contributed by atoms with Gasteiger partial charge in [-0.2, -0.15) is 0 Å². The Bertz CT molecular complexity index is 952. The molecule has 296 valence electrons. The van der Waals surface area contributed by atoms with Gasteiger partial charge in [-0.3, -0.25) is 0 Å². The van der Waals surface area contributed by atoms with Gasteiger partial charge >= 0.3 is 17.9 Å². The van der Waals surface area contributed by atoms with E-state index in [9.17, 15) is 14.4 Å². The Labute approximate surface area is 315 Å². The van der Waals surface area contributed by atoms with E-state index in [1.54, 1.807) is 20.8 Å². The normalized spacial score (nSPS) is 12.2. The zero-order valence-corrected chi connectivity index (χ0v) is 34.0. The fourth-order valence-electron chi connectivity index (χ4n) is 6.54. The molecule has 1 unspecified atom stereocenters. The van der Waals surface area contributed by atoms with E-state index in [-0.39, 0.29) is 23.5 Å². The minimum absolute atomic E-state index is 0.228. The molecule has 0 aromatic heterocycles. The van der Waals surface area contributed by atoms with Crippen LogP contribution in [0, 0.1) is 0 Å². The van der Waals surface area contributed by atoms with Crippen LogP contribution in [0.2, 0.25) is 0 Å². The summed E-state index contributed by atoms with van der Waals surface area (Å²) >= 11 is 0. The SMILES string of the molecule is C=C(C)C(=O)OCCCCCCCCCCCC(CCCCCCCCCCC)(CCCCCCCCCCOC(=O)C(=C)C)OC(=O)C(=C)C. The third-order valence-electron chi connectivity index (χ3n) is 9.86. The minimum Gasteiger partial charge on any atom is -0.462 e. The third kappa shape index (κ3) is 29.9. The highest BCUT2D eigenvalue weighted by Crippen LogP contribution is 2.34. The fraction of sp³-hybridized carbons (Fsp3) is 0.800. The molecule has 0 fully saturated rings. The van der Waals surface area contributed by atoms with Crippen LogP contribution in [0.15, 0.2) is 36.5 Å². The van der Waals surface area contributed by atoms with Gasteiger partial charge < -0.3 is 14.2 Å². The summed E-state index contributed by atoms with van der Waals surface area (Å²) < 4.78 is 16.8. The highest BCUT2D eigenvalue weighted by atomic mass is 16.6. The highest BCUT2D eigenvalue weighted by molar-refractivity contribution is 5.87. The molecule has 0 amide bonds. The number of unbranched alkanes of at least 4 members (excludes halogenated alkanes) is 23. The molecule has 0 aromatic rings. The second kappa shape index (κ2) is 33.5. The molecule has 1 atom stereocenters. The van der Waals surface area contributed by atoms with Crippen LogP contribution in [0.1, 0.15) is 214 Å². The van der Waals surface area contributed by atoms with Crippen molar-refractivity contribution >= 4 is 17.9 Å². The monoisotopic (exact) mass is 717 g/mol. The first-order chi connectivity index (χ1) is 24.5. The summed E-state index contributed by atoms with van der Waals surface area (Å²) in [4.78, 5) is 35.9. The van der Waals surface area contributed by atoms with Crippen molar-refractivity contribution in [2.24, 2.45) is 0 Å². The molecule has 0 heterocycles. The Morgan fingerprint density at radius 3 is 0.922 bits per heavy atom. The lowest BCUT2D eigenvalue weighted by atomic mass is 9.84. The van der Waals surface area contributed by atoms with Crippen LogP contribution in [-0.4, -0.2) is 36.7 Å². The number of hydrogen-bond donors (Lipinski definition) is 0. The van der Waals surface area contributed by atoms with E-state index in [2.05, 4.69) is 26.7 Å². The molecular weight excluding hydrogens is 636 g/mol. The van der Waals surface area contributed by atoms with Crippen LogP contribution in [-0.2, 0) is 28.6 Å². The number of carbonyl (C=O) groups excluding carboxylic acids is 3. The Balaban J connectivity index is 4.74. The lowest BCUT2D eigenvalue weighted by Gasteiger charge is -2.34. The molecule has 51 heavy (non-hydrogen) atoms.